The highest BCUT2D eigenvalue weighted by Gasteiger charge is 2.61. The lowest BCUT2D eigenvalue weighted by Gasteiger charge is -2.34. The normalized spacial score (nSPS) is 24.5. The average molecular weight is 357 g/mol. The summed E-state index contributed by atoms with van der Waals surface area (Å²) >= 11 is 0.876. The van der Waals surface area contributed by atoms with Crippen LogP contribution in [0.5, 0.6) is 5.75 Å². The molecule has 0 aromatic heterocycles. The first-order valence-electron chi connectivity index (χ1n) is 7.84. The smallest absolute Gasteiger partial charge is 0.333 e. The van der Waals surface area contributed by atoms with Gasteiger partial charge in [-0.3, -0.25) is 4.79 Å². The maximum Gasteiger partial charge on any atom is 0.333 e. The van der Waals surface area contributed by atoms with E-state index in [1.54, 1.807) is 17.0 Å². The van der Waals surface area contributed by atoms with Crippen molar-refractivity contribution in [2.45, 2.75) is 23.9 Å². The van der Waals surface area contributed by atoms with Gasteiger partial charge in [0.25, 0.3) is 0 Å². The van der Waals surface area contributed by atoms with Gasteiger partial charge in [0, 0.05) is 6.54 Å². The summed E-state index contributed by atoms with van der Waals surface area (Å²) in [7, 11) is 0. The minimum atomic E-state index is -0.630. The zero-order chi connectivity index (χ0) is 17.2. The van der Waals surface area contributed by atoms with Crippen molar-refractivity contribution in [1.82, 2.24) is 4.90 Å². The van der Waals surface area contributed by atoms with E-state index >= 15 is 0 Å². The third-order valence-electron chi connectivity index (χ3n) is 4.18. The molecule has 0 bridgehead atoms. The molecule has 6 nitrogen and oxygen atoms in total. The highest BCUT2D eigenvalue weighted by molar-refractivity contribution is 7.96. The number of nitrogens with zero attached hydrogens (tertiary/aromatic N) is 1. The minimum absolute atomic E-state index is 0.189. The average Bonchev–Trinajstić information content (AvgIpc) is 2.84. The lowest BCUT2D eigenvalue weighted by molar-refractivity contribution is -0.179. The van der Waals surface area contributed by atoms with Crippen LogP contribution in [0, 0.1) is 0 Å². The van der Waals surface area contributed by atoms with Crippen molar-refractivity contribution in [2.75, 3.05) is 0 Å². The molecule has 2 aromatic rings. The van der Waals surface area contributed by atoms with Crippen molar-refractivity contribution in [1.29, 1.82) is 0 Å². The fraction of sp³-hybridized carbons (Fsp3) is 0.222. The number of carbonyl (C=O) groups is 2. The van der Waals surface area contributed by atoms with Gasteiger partial charge in [-0.25, -0.2) is 4.79 Å². The second-order valence-electron chi connectivity index (χ2n) is 5.78. The number of amides is 1. The van der Waals surface area contributed by atoms with Crippen LogP contribution in [0.2, 0.25) is 0 Å². The molecule has 2 fully saturated rings. The van der Waals surface area contributed by atoms with Gasteiger partial charge in [-0.1, -0.05) is 48.5 Å². The largest absolute Gasteiger partial charge is 0.456 e. The van der Waals surface area contributed by atoms with E-state index in [9.17, 15) is 9.59 Å². The maximum atomic E-state index is 12.7. The highest BCUT2D eigenvalue weighted by atomic mass is 32.2. The SMILES string of the molecule is O=C1OC2C(SOOc3ccccc3)C(=O)N(Cc3ccccc3)C12. The van der Waals surface area contributed by atoms with Crippen LogP contribution in [0.3, 0.4) is 0 Å². The number of fused-ring (bicyclic) bond motifs is 1. The Morgan fingerprint density at radius 3 is 2.36 bits per heavy atom. The molecule has 2 heterocycles. The van der Waals surface area contributed by atoms with Gasteiger partial charge in [0.15, 0.2) is 23.1 Å². The van der Waals surface area contributed by atoms with E-state index in [2.05, 4.69) is 0 Å². The third kappa shape index (κ3) is 3.08. The third-order valence-corrected chi connectivity index (χ3v) is 5.00. The molecule has 2 saturated heterocycles. The molecule has 128 valence electrons. The summed E-state index contributed by atoms with van der Waals surface area (Å²) in [5, 5.41) is -0.630. The zero-order valence-electron chi connectivity index (χ0n) is 13.1. The van der Waals surface area contributed by atoms with Gasteiger partial charge in [-0.15, -0.1) is 4.33 Å². The number of benzene rings is 2. The summed E-state index contributed by atoms with van der Waals surface area (Å²) in [5.41, 5.74) is 0.960. The molecule has 0 saturated carbocycles. The van der Waals surface area contributed by atoms with E-state index in [1.807, 2.05) is 48.5 Å². The second kappa shape index (κ2) is 6.78. The second-order valence-corrected chi connectivity index (χ2v) is 6.62. The Bertz CT molecular complexity index is 770. The monoisotopic (exact) mass is 357 g/mol. The number of para-hydroxylation sites is 1. The first kappa shape index (κ1) is 16.0. The molecule has 3 unspecified atom stereocenters. The first-order valence-corrected chi connectivity index (χ1v) is 8.64. The van der Waals surface area contributed by atoms with E-state index in [0.717, 1.165) is 17.6 Å². The van der Waals surface area contributed by atoms with Crippen LogP contribution in [0.25, 0.3) is 0 Å². The van der Waals surface area contributed by atoms with Crippen LogP contribution in [0.15, 0.2) is 60.7 Å². The molecule has 0 aliphatic carbocycles. The van der Waals surface area contributed by atoms with E-state index in [4.69, 9.17) is 14.0 Å². The molecule has 0 spiro atoms. The molecule has 7 heteroatoms. The number of hydrogen-bond donors (Lipinski definition) is 0. The molecular formula is C18H15NO5S. The van der Waals surface area contributed by atoms with Crippen molar-refractivity contribution in [3.8, 4) is 5.75 Å². The molecule has 2 aliphatic heterocycles. The van der Waals surface area contributed by atoms with Crippen LogP contribution < -0.4 is 4.89 Å². The van der Waals surface area contributed by atoms with E-state index in [0.29, 0.717) is 12.3 Å². The Balaban J connectivity index is 1.41. The Morgan fingerprint density at radius 1 is 1.00 bits per heavy atom. The number of rotatable bonds is 6. The molecule has 2 aromatic carbocycles. The number of esters is 1. The summed E-state index contributed by atoms with van der Waals surface area (Å²) in [4.78, 5) is 31.2. The standard InChI is InChI=1S/C18H15NO5S/c20-17-16(25-24-23-13-9-5-2-6-10-13)15-14(18(21)22-15)19(17)11-12-7-3-1-4-8-12/h1-10,14-16H,11H2. The number of ether oxygens (including phenoxy) is 1. The Morgan fingerprint density at radius 2 is 1.68 bits per heavy atom. The van der Waals surface area contributed by atoms with Crippen molar-refractivity contribution in [3.63, 3.8) is 0 Å². The zero-order valence-corrected chi connectivity index (χ0v) is 13.9. The van der Waals surface area contributed by atoms with Crippen molar-refractivity contribution >= 4 is 23.9 Å². The van der Waals surface area contributed by atoms with E-state index < -0.39 is 17.4 Å². The van der Waals surface area contributed by atoms with Gasteiger partial charge in [0.2, 0.25) is 5.91 Å². The predicted molar refractivity (Wildman–Crippen MR) is 90.2 cm³/mol. The molecule has 3 atom stereocenters. The van der Waals surface area contributed by atoms with Gasteiger partial charge >= 0.3 is 5.97 Å². The fourth-order valence-electron chi connectivity index (χ4n) is 2.93. The predicted octanol–water partition coefficient (Wildman–Crippen LogP) is 2.35. The Labute approximate surface area is 148 Å². The molecule has 0 radical (unpaired) electrons. The van der Waals surface area contributed by atoms with Gasteiger partial charge in [-0.2, -0.15) is 0 Å². The molecule has 25 heavy (non-hydrogen) atoms. The summed E-state index contributed by atoms with van der Waals surface area (Å²) in [6.07, 6.45) is -0.506. The Kier molecular flexibility index (Phi) is 4.33. The molecule has 4 rings (SSSR count). The van der Waals surface area contributed by atoms with Crippen molar-refractivity contribution in [2.24, 2.45) is 0 Å². The summed E-state index contributed by atoms with van der Waals surface area (Å²) in [6.45, 7) is 0.368. The maximum absolute atomic E-state index is 12.7. The number of hydrogen-bond acceptors (Lipinski definition) is 6. The van der Waals surface area contributed by atoms with E-state index in [1.165, 1.54) is 0 Å². The lowest BCUT2D eigenvalue weighted by Crippen LogP contribution is -2.55. The number of likely N-dealkylation sites (tertiary alicyclic amines) is 1. The van der Waals surface area contributed by atoms with Crippen molar-refractivity contribution < 1.29 is 23.5 Å². The van der Waals surface area contributed by atoms with E-state index in [-0.39, 0.29) is 11.9 Å². The van der Waals surface area contributed by atoms with Gasteiger partial charge in [0.1, 0.15) is 0 Å². The molecule has 0 N–H and O–H groups in total. The molecule has 2 aliphatic rings. The van der Waals surface area contributed by atoms with Crippen LogP contribution >= 0.6 is 12.0 Å². The minimum Gasteiger partial charge on any atom is -0.456 e. The summed E-state index contributed by atoms with van der Waals surface area (Å²) in [5.74, 6) is -0.0311. The highest BCUT2D eigenvalue weighted by Crippen LogP contribution is 2.39. The Hall–Kier alpha value is -2.51. The quantitative estimate of drug-likeness (QED) is 0.342. The van der Waals surface area contributed by atoms with Crippen molar-refractivity contribution in [3.05, 3.63) is 66.2 Å². The van der Waals surface area contributed by atoms with Gasteiger partial charge in [0.05, 0.1) is 12.0 Å². The van der Waals surface area contributed by atoms with Gasteiger partial charge in [-0.05, 0) is 17.7 Å². The summed E-state index contributed by atoms with van der Waals surface area (Å²) < 4.78 is 10.3. The molecule has 1 amide bonds. The lowest BCUT2D eigenvalue weighted by atomic mass is 10.1. The van der Waals surface area contributed by atoms with Crippen LogP contribution in [-0.2, 0) is 25.2 Å². The number of carbonyl (C=O) groups excluding carboxylic acids is 2. The van der Waals surface area contributed by atoms with Crippen LogP contribution in [0.1, 0.15) is 5.56 Å². The fourth-order valence-corrected chi connectivity index (χ4v) is 3.67. The van der Waals surface area contributed by atoms with Crippen LogP contribution in [0.4, 0.5) is 0 Å². The summed E-state index contributed by atoms with van der Waals surface area (Å²) in [6, 6.07) is 18.0. The molecular weight excluding hydrogens is 342 g/mol. The topological polar surface area (TPSA) is 65.1 Å². The van der Waals surface area contributed by atoms with Gasteiger partial charge < -0.3 is 14.5 Å². The first-order chi connectivity index (χ1) is 12.2. The van der Waals surface area contributed by atoms with Crippen LogP contribution in [-0.4, -0.2) is 34.2 Å².